The summed E-state index contributed by atoms with van der Waals surface area (Å²) in [5.41, 5.74) is 1.55. The fourth-order valence-corrected chi connectivity index (χ4v) is 2.95. The first-order valence-corrected chi connectivity index (χ1v) is 9.10. The molecule has 0 radical (unpaired) electrons. The van der Waals surface area contributed by atoms with Crippen LogP contribution in [0.4, 0.5) is 9.52 Å². The molecule has 0 aliphatic heterocycles. The number of rotatable bonds is 8. The van der Waals surface area contributed by atoms with Crippen LogP contribution in [0.5, 0.6) is 0 Å². The van der Waals surface area contributed by atoms with E-state index in [0.29, 0.717) is 23.8 Å². The molecule has 0 saturated heterocycles. The molecule has 6 nitrogen and oxygen atoms in total. The number of thiazole rings is 1. The van der Waals surface area contributed by atoms with E-state index in [2.05, 4.69) is 10.3 Å². The molecule has 1 N–H and O–H groups in total. The van der Waals surface area contributed by atoms with Gasteiger partial charge >= 0.3 is 0 Å². The van der Waals surface area contributed by atoms with Crippen molar-refractivity contribution < 1.29 is 14.0 Å². The maximum Gasteiger partial charge on any atom is 0.245 e. The number of aromatic nitrogens is 1. The third kappa shape index (κ3) is 6.53. The van der Waals surface area contributed by atoms with E-state index in [-0.39, 0.29) is 30.6 Å². The fourth-order valence-electron chi connectivity index (χ4n) is 2.24. The van der Waals surface area contributed by atoms with Gasteiger partial charge in [-0.15, -0.1) is 11.3 Å². The zero-order valence-corrected chi connectivity index (χ0v) is 16.0. The maximum absolute atomic E-state index is 13.0. The second-order valence-corrected chi connectivity index (χ2v) is 7.12. The van der Waals surface area contributed by atoms with Crippen LogP contribution in [0, 0.1) is 12.7 Å². The Bertz CT molecular complexity index is 746. The monoisotopic (exact) mass is 378 g/mol. The number of anilines is 1. The van der Waals surface area contributed by atoms with Gasteiger partial charge in [0.2, 0.25) is 11.8 Å². The van der Waals surface area contributed by atoms with Crippen molar-refractivity contribution in [3.63, 3.8) is 0 Å². The van der Waals surface area contributed by atoms with Crippen molar-refractivity contribution in [3.05, 3.63) is 46.7 Å². The minimum atomic E-state index is -0.344. The molecule has 2 rings (SSSR count). The van der Waals surface area contributed by atoms with Crippen LogP contribution in [0.1, 0.15) is 11.3 Å². The Kier molecular flexibility index (Phi) is 7.23. The first kappa shape index (κ1) is 20.0. The van der Waals surface area contributed by atoms with Crippen LogP contribution in [-0.2, 0) is 16.0 Å². The first-order valence-electron chi connectivity index (χ1n) is 8.22. The molecule has 1 aromatic carbocycles. The van der Waals surface area contributed by atoms with E-state index in [1.165, 1.54) is 28.4 Å². The highest BCUT2D eigenvalue weighted by molar-refractivity contribution is 7.13. The number of hydrogen-bond acceptors (Lipinski definition) is 5. The van der Waals surface area contributed by atoms with Gasteiger partial charge in [0.25, 0.3) is 0 Å². The molecule has 0 aliphatic rings. The van der Waals surface area contributed by atoms with Gasteiger partial charge in [-0.25, -0.2) is 9.37 Å². The SMILES string of the molecule is Cc1csc(NC(=O)CN(CCN(C)C)C(=O)Cc2ccc(F)cc2)n1. The topological polar surface area (TPSA) is 65.5 Å². The smallest absolute Gasteiger partial charge is 0.245 e. The van der Waals surface area contributed by atoms with Crippen LogP contribution in [-0.4, -0.2) is 60.3 Å². The van der Waals surface area contributed by atoms with Gasteiger partial charge in [0, 0.05) is 18.5 Å². The Balaban J connectivity index is 2.00. The molecule has 0 fully saturated rings. The van der Waals surface area contributed by atoms with Crippen LogP contribution in [0.2, 0.25) is 0 Å². The number of amides is 2. The van der Waals surface area contributed by atoms with Crippen molar-refractivity contribution in [2.75, 3.05) is 39.0 Å². The summed E-state index contributed by atoms with van der Waals surface area (Å²) >= 11 is 1.35. The van der Waals surface area contributed by atoms with Gasteiger partial charge in [0.15, 0.2) is 5.13 Å². The molecule has 0 atom stereocenters. The van der Waals surface area contributed by atoms with E-state index in [0.717, 1.165) is 5.69 Å². The number of nitrogens with one attached hydrogen (secondary N) is 1. The average molecular weight is 378 g/mol. The summed E-state index contributed by atoms with van der Waals surface area (Å²) in [6.07, 6.45) is 0.122. The number of likely N-dealkylation sites (N-methyl/N-ethyl adjacent to an activating group) is 1. The molecule has 0 unspecified atom stereocenters. The molecule has 0 bridgehead atoms. The zero-order valence-electron chi connectivity index (χ0n) is 15.2. The van der Waals surface area contributed by atoms with E-state index in [1.807, 2.05) is 31.3 Å². The second kappa shape index (κ2) is 9.40. The highest BCUT2D eigenvalue weighted by Gasteiger charge is 2.18. The molecule has 0 aliphatic carbocycles. The van der Waals surface area contributed by atoms with Gasteiger partial charge < -0.3 is 15.1 Å². The zero-order chi connectivity index (χ0) is 19.1. The summed E-state index contributed by atoms with van der Waals surface area (Å²) in [7, 11) is 3.81. The van der Waals surface area contributed by atoms with Crippen molar-refractivity contribution in [1.29, 1.82) is 0 Å². The molecule has 1 heterocycles. The van der Waals surface area contributed by atoms with E-state index in [4.69, 9.17) is 0 Å². The highest BCUT2D eigenvalue weighted by Crippen LogP contribution is 2.14. The molecule has 2 amide bonds. The van der Waals surface area contributed by atoms with Crippen LogP contribution in [0.25, 0.3) is 0 Å². The molecular weight excluding hydrogens is 355 g/mol. The Hall–Kier alpha value is -2.32. The van der Waals surface area contributed by atoms with Crippen molar-refractivity contribution in [3.8, 4) is 0 Å². The van der Waals surface area contributed by atoms with Crippen LogP contribution >= 0.6 is 11.3 Å². The van der Waals surface area contributed by atoms with E-state index in [1.54, 1.807) is 12.1 Å². The van der Waals surface area contributed by atoms with Gasteiger partial charge in [0.05, 0.1) is 18.7 Å². The highest BCUT2D eigenvalue weighted by atomic mass is 32.1. The lowest BCUT2D eigenvalue weighted by Gasteiger charge is -2.24. The number of carbonyl (C=O) groups excluding carboxylic acids is 2. The Labute approximate surface area is 156 Å². The molecule has 26 heavy (non-hydrogen) atoms. The lowest BCUT2D eigenvalue weighted by Crippen LogP contribution is -2.42. The van der Waals surface area contributed by atoms with Gasteiger partial charge in [-0.05, 0) is 38.7 Å². The summed E-state index contributed by atoms with van der Waals surface area (Å²) in [6, 6.07) is 5.81. The van der Waals surface area contributed by atoms with Gasteiger partial charge in [-0.3, -0.25) is 9.59 Å². The Morgan fingerprint density at radius 3 is 2.46 bits per heavy atom. The summed E-state index contributed by atoms with van der Waals surface area (Å²) < 4.78 is 13.0. The number of aryl methyl sites for hydroxylation is 1. The number of halogens is 1. The molecule has 1 aromatic heterocycles. The van der Waals surface area contributed by atoms with Gasteiger partial charge in [-0.2, -0.15) is 0 Å². The summed E-state index contributed by atoms with van der Waals surface area (Å²) in [5.74, 6) is -0.807. The largest absolute Gasteiger partial charge is 0.332 e. The molecule has 140 valence electrons. The second-order valence-electron chi connectivity index (χ2n) is 6.26. The average Bonchev–Trinajstić information content (AvgIpc) is 2.98. The van der Waals surface area contributed by atoms with Crippen LogP contribution in [0.15, 0.2) is 29.6 Å². The predicted molar refractivity (Wildman–Crippen MR) is 101 cm³/mol. The molecular formula is C18H23FN4O2S. The van der Waals surface area contributed by atoms with E-state index in [9.17, 15) is 14.0 Å². The lowest BCUT2D eigenvalue weighted by atomic mass is 10.1. The van der Waals surface area contributed by atoms with Gasteiger partial charge in [-0.1, -0.05) is 12.1 Å². The minimum absolute atomic E-state index is 0.0491. The van der Waals surface area contributed by atoms with Crippen molar-refractivity contribution in [1.82, 2.24) is 14.8 Å². The van der Waals surface area contributed by atoms with Crippen molar-refractivity contribution >= 4 is 28.3 Å². The van der Waals surface area contributed by atoms with Crippen LogP contribution < -0.4 is 5.32 Å². The van der Waals surface area contributed by atoms with Crippen molar-refractivity contribution in [2.24, 2.45) is 0 Å². The molecule has 0 saturated carbocycles. The Morgan fingerprint density at radius 1 is 1.19 bits per heavy atom. The lowest BCUT2D eigenvalue weighted by molar-refractivity contribution is -0.134. The number of hydrogen-bond donors (Lipinski definition) is 1. The molecule has 8 heteroatoms. The maximum atomic E-state index is 13.0. The predicted octanol–water partition coefficient (Wildman–Crippen LogP) is 2.16. The van der Waals surface area contributed by atoms with Crippen molar-refractivity contribution in [2.45, 2.75) is 13.3 Å². The number of benzene rings is 1. The third-order valence-corrected chi connectivity index (χ3v) is 4.51. The Morgan fingerprint density at radius 2 is 1.88 bits per heavy atom. The fraction of sp³-hybridized carbons (Fsp3) is 0.389. The third-order valence-electron chi connectivity index (χ3n) is 3.64. The molecule has 0 spiro atoms. The minimum Gasteiger partial charge on any atom is -0.332 e. The number of carbonyl (C=O) groups is 2. The summed E-state index contributed by atoms with van der Waals surface area (Å²) in [4.78, 5) is 32.5. The molecule has 2 aromatic rings. The summed E-state index contributed by atoms with van der Waals surface area (Å²) in [5, 5.41) is 5.08. The first-order chi connectivity index (χ1) is 12.3. The quantitative estimate of drug-likeness (QED) is 0.765. The summed E-state index contributed by atoms with van der Waals surface area (Å²) in [6.45, 7) is 2.87. The van der Waals surface area contributed by atoms with Crippen LogP contribution in [0.3, 0.4) is 0 Å². The van der Waals surface area contributed by atoms with Gasteiger partial charge in [0.1, 0.15) is 5.82 Å². The number of nitrogens with zero attached hydrogens (tertiary/aromatic N) is 3. The van der Waals surface area contributed by atoms with E-state index >= 15 is 0 Å². The van der Waals surface area contributed by atoms with E-state index < -0.39 is 0 Å². The standard InChI is InChI=1S/C18H23FN4O2S/c1-13-12-26-18(20-13)21-16(24)11-23(9-8-22(2)3)17(25)10-14-4-6-15(19)7-5-14/h4-7,12H,8-11H2,1-3H3,(H,20,21,24). The normalized spacial score (nSPS) is 10.8.